The Morgan fingerprint density at radius 2 is 0.738 bits per heavy atom. The van der Waals surface area contributed by atoms with Gasteiger partial charge in [-0.25, -0.2) is 0 Å². The first-order chi connectivity index (χ1) is 28.1. The van der Waals surface area contributed by atoms with Crippen LogP contribution in [-0.4, -0.2) is 127 Å². The van der Waals surface area contributed by atoms with Gasteiger partial charge in [-0.2, -0.15) is 0 Å². The molecule has 0 radical (unpaired) electrons. The molecule has 0 saturated carbocycles. The van der Waals surface area contributed by atoms with Gasteiger partial charge >= 0.3 is 248 Å². The molecule has 4 atom stereocenters. The predicted octanol–water partition coefficient (Wildman–Crippen LogP) is 11.8. The van der Waals surface area contributed by atoms with Crippen molar-refractivity contribution in [2.75, 3.05) is 106 Å². The number of ether oxygens (including phenoxy) is 4. The van der Waals surface area contributed by atoms with Crippen LogP contribution in [0, 0.1) is 27.1 Å². The number of thiol groups is 1. The molecule has 24 heteroatoms. The van der Waals surface area contributed by atoms with E-state index >= 15 is 0 Å². The second-order valence-corrected chi connectivity index (χ2v) is 47.5. The topological polar surface area (TPSA) is 111 Å². The SMILES string of the molecule is CC(COCC(COCC(C)SP1(=S)OCC(C)(C)CO1)(COCC(C)SP1(=S)OCC(C)(C)CO1)COCC(C)S[PH]1(S)OCC(C)(C)CO1)SP1(=S)OCC(C)(C)CO1. The monoisotopic (exact) mass is 1090 g/mol. The van der Waals surface area contributed by atoms with Crippen molar-refractivity contribution in [1.82, 2.24) is 0 Å². The second-order valence-electron chi connectivity index (χ2n) is 20.0. The first-order valence-corrected chi connectivity index (χ1v) is 37.9. The van der Waals surface area contributed by atoms with Gasteiger partial charge in [0.15, 0.2) is 0 Å². The van der Waals surface area contributed by atoms with Crippen LogP contribution in [0.4, 0.5) is 0 Å². The molecule has 0 bridgehead atoms. The summed E-state index contributed by atoms with van der Waals surface area (Å²) in [5, 5.41) is 0.126. The van der Waals surface area contributed by atoms with Gasteiger partial charge in [0.2, 0.25) is 0 Å². The zero-order chi connectivity index (χ0) is 45.4. The molecule has 4 rings (SSSR count). The average molecular weight is 1090 g/mol. The van der Waals surface area contributed by atoms with Crippen molar-refractivity contribution in [3.8, 4) is 0 Å². The van der Waals surface area contributed by atoms with Crippen LogP contribution in [0.2, 0.25) is 0 Å². The number of hydrogen-bond acceptors (Lipinski definition) is 20. The Morgan fingerprint density at radius 1 is 0.492 bits per heavy atom. The van der Waals surface area contributed by atoms with E-state index in [0.29, 0.717) is 106 Å². The van der Waals surface area contributed by atoms with Gasteiger partial charge in [0, 0.05) is 16.2 Å². The van der Waals surface area contributed by atoms with Crippen LogP contribution in [0.1, 0.15) is 83.1 Å². The predicted molar refractivity (Wildman–Crippen MR) is 277 cm³/mol. The molecule has 0 amide bonds. The summed E-state index contributed by atoms with van der Waals surface area (Å²) in [7, 11) is 0. The summed E-state index contributed by atoms with van der Waals surface area (Å²) >= 11 is 28.8. The minimum atomic E-state index is -2.71. The van der Waals surface area contributed by atoms with E-state index in [0.717, 1.165) is 0 Å². The summed E-state index contributed by atoms with van der Waals surface area (Å²) in [6, 6.07) is 0. The van der Waals surface area contributed by atoms with Gasteiger partial charge in [-0.05, 0) is 35.4 Å². The zero-order valence-corrected chi connectivity index (χ0v) is 48.5. The second kappa shape index (κ2) is 24.2. The van der Waals surface area contributed by atoms with Crippen LogP contribution >= 0.6 is 81.0 Å². The maximum absolute atomic E-state index is 6.58. The Kier molecular flexibility index (Phi) is 22.7. The Balaban J connectivity index is 1.45. The molecule has 61 heavy (non-hydrogen) atoms. The average Bonchev–Trinajstić information content (AvgIpc) is 3.14. The molecule has 0 aliphatic carbocycles. The van der Waals surface area contributed by atoms with Crippen molar-refractivity contribution in [2.45, 2.75) is 104 Å². The smallest absolute Gasteiger partial charge is 0.321 e. The fraction of sp³-hybridized carbons (Fsp3) is 1.00. The summed E-state index contributed by atoms with van der Waals surface area (Å²) in [6.07, 6.45) is -2.71. The van der Waals surface area contributed by atoms with E-state index in [-0.39, 0.29) is 42.7 Å². The molecule has 4 aliphatic rings. The first kappa shape index (κ1) is 57.2. The van der Waals surface area contributed by atoms with E-state index < -0.39 is 28.6 Å². The molecule has 12 nitrogen and oxygen atoms in total. The molecule has 0 spiro atoms. The number of rotatable bonds is 24. The van der Waals surface area contributed by atoms with Crippen LogP contribution in [0.5, 0.6) is 0 Å². The van der Waals surface area contributed by atoms with Crippen molar-refractivity contribution < 1.29 is 55.1 Å². The van der Waals surface area contributed by atoms with E-state index in [9.17, 15) is 0 Å². The molecule has 4 aliphatic heterocycles. The summed E-state index contributed by atoms with van der Waals surface area (Å²) in [5.74, 6) is 0. The van der Waals surface area contributed by atoms with Gasteiger partial charge in [-0.1, -0.05) is 41.5 Å². The third kappa shape index (κ3) is 20.9. The summed E-state index contributed by atoms with van der Waals surface area (Å²) in [6.45, 7) is 33.0. The van der Waals surface area contributed by atoms with Gasteiger partial charge in [-0.15, -0.1) is 0 Å². The van der Waals surface area contributed by atoms with E-state index in [1.807, 2.05) is 0 Å². The molecule has 4 unspecified atom stereocenters. The third-order valence-corrected chi connectivity index (χ3v) is 32.3. The van der Waals surface area contributed by atoms with Crippen LogP contribution < -0.4 is 0 Å². The van der Waals surface area contributed by atoms with Crippen molar-refractivity contribution in [3.05, 3.63) is 0 Å². The minimum absolute atomic E-state index is 0.0223. The zero-order valence-electron chi connectivity index (χ0n) is 38.2. The Bertz CT molecular complexity index is 1360. The molecule has 0 aromatic heterocycles. The van der Waals surface area contributed by atoms with E-state index in [1.54, 1.807) is 45.5 Å². The minimum Gasteiger partial charge on any atom is -0.321 e. The third-order valence-electron chi connectivity index (χ3n) is 9.29. The van der Waals surface area contributed by atoms with E-state index in [1.165, 1.54) is 0 Å². The summed E-state index contributed by atoms with van der Waals surface area (Å²) in [4.78, 5) is 0. The van der Waals surface area contributed by atoms with Crippen LogP contribution in [-0.2, 0) is 90.6 Å². The van der Waals surface area contributed by atoms with Gasteiger partial charge in [0.1, 0.15) is 0 Å². The number of hydrogen-bond donors (Lipinski definition) is 1. The molecule has 4 heterocycles. The molecular formula is C37H74O12P4S8. The fourth-order valence-corrected chi connectivity index (χ4v) is 29.2. The fourth-order valence-electron chi connectivity index (χ4n) is 5.72. The van der Waals surface area contributed by atoms with Crippen molar-refractivity contribution in [2.24, 2.45) is 27.1 Å². The van der Waals surface area contributed by atoms with Gasteiger partial charge in [0.05, 0.1) is 39.6 Å². The summed E-state index contributed by atoms with van der Waals surface area (Å²) < 4.78 is 75.4. The van der Waals surface area contributed by atoms with E-state index in [4.69, 9.17) is 103 Å². The summed E-state index contributed by atoms with van der Waals surface area (Å²) in [5.41, 5.74) is -8.37. The normalized spacial score (nSPS) is 28.4. The van der Waals surface area contributed by atoms with Crippen LogP contribution in [0.3, 0.4) is 0 Å². The maximum atomic E-state index is 6.58. The molecular weight excluding hydrogens is 1020 g/mol. The van der Waals surface area contributed by atoms with Crippen molar-refractivity contribution in [3.63, 3.8) is 0 Å². The van der Waals surface area contributed by atoms with Crippen molar-refractivity contribution in [1.29, 1.82) is 0 Å². The Morgan fingerprint density at radius 3 is 1.02 bits per heavy atom. The molecule has 0 N–H and O–H groups in total. The standard InChI is InChI=1S/C37H74O12P4S8/c1-29(58-50(54)42-17-33(5,6)18-43-50)13-38-25-37(26-39-14-30(2)59-51(55)44-19-34(7,8)20-45-51,27-40-15-31(3)60-52(56)46-21-35(9,10)22-47-52)28-41-16-32(4)61-53(57)48-23-36(11,12)24-49-53/h29-32,50,54H,13-28H2,1-12H3. The quantitative estimate of drug-likeness (QED) is 0.0730. The van der Waals surface area contributed by atoms with Crippen LogP contribution in [0.15, 0.2) is 0 Å². The molecule has 0 aromatic carbocycles. The molecule has 4 fully saturated rings. The molecule has 362 valence electrons. The van der Waals surface area contributed by atoms with E-state index in [2.05, 4.69) is 83.1 Å². The van der Waals surface area contributed by atoms with Crippen LogP contribution in [0.25, 0.3) is 0 Å². The van der Waals surface area contributed by atoms with Gasteiger partial charge in [-0.3, -0.25) is 0 Å². The Hall–Kier alpha value is 3.65. The van der Waals surface area contributed by atoms with Crippen molar-refractivity contribution >= 4 is 116 Å². The molecule has 0 aromatic rings. The Labute approximate surface area is 405 Å². The molecule has 4 saturated heterocycles. The first-order valence-electron chi connectivity index (χ1n) is 20.8. The van der Waals surface area contributed by atoms with Gasteiger partial charge < -0.3 is 27.1 Å². The van der Waals surface area contributed by atoms with Gasteiger partial charge in [0.25, 0.3) is 0 Å².